The molecule has 0 aromatic carbocycles. The van der Waals surface area contributed by atoms with E-state index in [1.807, 2.05) is 67.5 Å². The Kier molecular flexibility index (Phi) is 7.07. The summed E-state index contributed by atoms with van der Waals surface area (Å²) in [5.74, 6) is 0. The monoisotopic (exact) mass is 260 g/mol. The number of hydrogen-bond donors (Lipinski definition) is 0. The minimum Gasteiger partial charge on any atom is -0.230 e. The molecule has 0 fully saturated rings. The molecule has 0 spiro atoms. The smallest absolute Gasteiger partial charge is 0.108 e. The highest BCUT2D eigenvalue weighted by Gasteiger charge is 2.14. The maximum Gasteiger partial charge on any atom is 0.108 e. The maximum absolute atomic E-state index is 5.22. The highest BCUT2D eigenvalue weighted by Crippen LogP contribution is 2.11. The van der Waals surface area contributed by atoms with E-state index in [1.165, 1.54) is 0 Å². The van der Waals surface area contributed by atoms with Crippen LogP contribution in [-0.2, 0) is 19.6 Å². The molecular formula is C14H28O4. The Hall–Kier alpha value is -0.420. The first-order chi connectivity index (χ1) is 7.99. The van der Waals surface area contributed by atoms with Crippen LogP contribution in [0.3, 0.4) is 0 Å². The van der Waals surface area contributed by atoms with Gasteiger partial charge < -0.3 is 0 Å². The van der Waals surface area contributed by atoms with Crippen LogP contribution >= 0.6 is 0 Å². The van der Waals surface area contributed by atoms with Gasteiger partial charge in [0, 0.05) is 0 Å². The van der Waals surface area contributed by atoms with Gasteiger partial charge in [0.2, 0.25) is 0 Å². The molecule has 0 heterocycles. The molecule has 4 nitrogen and oxygen atoms in total. The molecule has 0 aromatic heterocycles. The van der Waals surface area contributed by atoms with Gasteiger partial charge in [-0.3, -0.25) is 0 Å². The Labute approximate surface area is 111 Å². The van der Waals surface area contributed by atoms with Crippen LogP contribution in [0.25, 0.3) is 0 Å². The lowest BCUT2D eigenvalue weighted by molar-refractivity contribution is -0.364. The summed E-state index contributed by atoms with van der Waals surface area (Å²) in [4.78, 5) is 20.9. The Bertz CT molecular complexity index is 222. The molecule has 0 saturated heterocycles. The van der Waals surface area contributed by atoms with Crippen LogP contribution in [0.1, 0.15) is 55.4 Å². The first-order valence-electron chi connectivity index (χ1n) is 6.37. The SMILES string of the molecule is CC(/C=C/C(C)OOC(C)(C)C)OOC(C)(C)C. The van der Waals surface area contributed by atoms with Gasteiger partial charge >= 0.3 is 0 Å². The molecule has 0 N–H and O–H groups in total. The molecule has 0 aliphatic heterocycles. The standard InChI is InChI=1S/C14H28O4/c1-11(15-17-13(3,4)5)9-10-12(2)16-18-14(6,7)8/h9-12H,1-8H3/b10-9+. The fraction of sp³-hybridized carbons (Fsp3) is 0.857. The van der Waals surface area contributed by atoms with E-state index in [4.69, 9.17) is 19.6 Å². The Morgan fingerprint density at radius 2 is 0.944 bits per heavy atom. The fourth-order valence-corrected chi connectivity index (χ4v) is 0.818. The zero-order chi connectivity index (χ0) is 14.4. The first kappa shape index (κ1) is 17.6. The third kappa shape index (κ3) is 12.0. The van der Waals surface area contributed by atoms with Crippen LogP contribution in [0.4, 0.5) is 0 Å². The zero-order valence-corrected chi connectivity index (χ0v) is 12.9. The summed E-state index contributed by atoms with van der Waals surface area (Å²) < 4.78 is 0. The topological polar surface area (TPSA) is 36.9 Å². The minimum absolute atomic E-state index is 0.134. The quantitative estimate of drug-likeness (QED) is 0.413. The van der Waals surface area contributed by atoms with Crippen molar-refractivity contribution in [2.45, 2.75) is 78.8 Å². The molecule has 0 rings (SSSR count). The first-order valence-corrected chi connectivity index (χ1v) is 6.37. The molecule has 0 bridgehead atoms. The van der Waals surface area contributed by atoms with Gasteiger partial charge in [-0.15, -0.1) is 0 Å². The summed E-state index contributed by atoms with van der Waals surface area (Å²) >= 11 is 0. The van der Waals surface area contributed by atoms with Gasteiger partial charge in [0.25, 0.3) is 0 Å². The second-order valence-electron chi connectivity index (χ2n) is 6.38. The van der Waals surface area contributed by atoms with Crippen LogP contribution < -0.4 is 0 Å². The van der Waals surface area contributed by atoms with E-state index in [2.05, 4.69) is 0 Å². The molecule has 2 unspecified atom stereocenters. The maximum atomic E-state index is 5.22. The van der Waals surface area contributed by atoms with Crippen molar-refractivity contribution in [2.24, 2.45) is 0 Å². The van der Waals surface area contributed by atoms with Gasteiger partial charge in [0.15, 0.2) is 0 Å². The molecule has 0 aliphatic rings. The summed E-state index contributed by atoms with van der Waals surface area (Å²) in [6.45, 7) is 15.4. The van der Waals surface area contributed by atoms with E-state index in [-0.39, 0.29) is 23.4 Å². The van der Waals surface area contributed by atoms with Gasteiger partial charge in [-0.05, 0) is 55.4 Å². The number of hydrogen-bond acceptors (Lipinski definition) is 4. The largest absolute Gasteiger partial charge is 0.230 e. The molecular weight excluding hydrogens is 232 g/mol. The van der Waals surface area contributed by atoms with Crippen LogP contribution in [0, 0.1) is 0 Å². The molecule has 0 radical (unpaired) electrons. The zero-order valence-electron chi connectivity index (χ0n) is 12.9. The van der Waals surface area contributed by atoms with Gasteiger partial charge in [-0.25, -0.2) is 19.6 Å². The van der Waals surface area contributed by atoms with E-state index in [0.29, 0.717) is 0 Å². The second-order valence-corrected chi connectivity index (χ2v) is 6.38. The molecule has 108 valence electrons. The Balaban J connectivity index is 3.92. The van der Waals surface area contributed by atoms with Gasteiger partial charge in [-0.2, -0.15) is 0 Å². The molecule has 0 aliphatic carbocycles. The van der Waals surface area contributed by atoms with Crippen molar-refractivity contribution >= 4 is 0 Å². The average Bonchev–Trinajstić information content (AvgIpc) is 2.18. The van der Waals surface area contributed by atoms with Crippen molar-refractivity contribution in [3.63, 3.8) is 0 Å². The molecule has 0 saturated carbocycles. The third-order valence-corrected chi connectivity index (χ3v) is 1.55. The van der Waals surface area contributed by atoms with Crippen LogP contribution in [0.15, 0.2) is 12.2 Å². The number of rotatable bonds is 6. The summed E-state index contributed by atoms with van der Waals surface area (Å²) in [6, 6.07) is 0. The van der Waals surface area contributed by atoms with Crippen molar-refractivity contribution in [2.75, 3.05) is 0 Å². The van der Waals surface area contributed by atoms with Crippen LogP contribution in [0.5, 0.6) is 0 Å². The highest BCUT2D eigenvalue weighted by atomic mass is 17.2. The van der Waals surface area contributed by atoms with Crippen LogP contribution in [0.2, 0.25) is 0 Å². The fourth-order valence-electron chi connectivity index (χ4n) is 0.818. The Morgan fingerprint density at radius 3 is 1.17 bits per heavy atom. The highest BCUT2D eigenvalue weighted by molar-refractivity contribution is 4.91. The van der Waals surface area contributed by atoms with E-state index in [1.54, 1.807) is 0 Å². The van der Waals surface area contributed by atoms with E-state index in [0.717, 1.165) is 0 Å². The van der Waals surface area contributed by atoms with Crippen molar-refractivity contribution in [3.8, 4) is 0 Å². The van der Waals surface area contributed by atoms with E-state index in [9.17, 15) is 0 Å². The van der Waals surface area contributed by atoms with Crippen molar-refractivity contribution in [1.29, 1.82) is 0 Å². The normalized spacial score (nSPS) is 17.1. The van der Waals surface area contributed by atoms with Crippen LogP contribution in [-0.4, -0.2) is 23.4 Å². The van der Waals surface area contributed by atoms with E-state index < -0.39 is 0 Å². The Morgan fingerprint density at radius 1 is 0.667 bits per heavy atom. The van der Waals surface area contributed by atoms with Crippen molar-refractivity contribution in [1.82, 2.24) is 0 Å². The molecule has 18 heavy (non-hydrogen) atoms. The summed E-state index contributed by atoms with van der Waals surface area (Å²) in [5, 5.41) is 0. The van der Waals surface area contributed by atoms with Crippen molar-refractivity contribution in [3.05, 3.63) is 12.2 Å². The lowest BCUT2D eigenvalue weighted by Crippen LogP contribution is -2.23. The minimum atomic E-state index is -0.306. The lowest BCUT2D eigenvalue weighted by Gasteiger charge is -2.21. The predicted octanol–water partition coefficient (Wildman–Crippen LogP) is 3.81. The third-order valence-electron chi connectivity index (χ3n) is 1.55. The average molecular weight is 260 g/mol. The molecule has 2 atom stereocenters. The van der Waals surface area contributed by atoms with Gasteiger partial charge in [0.1, 0.15) is 12.2 Å². The van der Waals surface area contributed by atoms with Crippen molar-refractivity contribution < 1.29 is 19.6 Å². The lowest BCUT2D eigenvalue weighted by atomic mass is 10.2. The molecule has 4 heteroatoms. The second kappa shape index (κ2) is 7.24. The summed E-state index contributed by atoms with van der Waals surface area (Å²) in [7, 11) is 0. The van der Waals surface area contributed by atoms with E-state index >= 15 is 0 Å². The molecule has 0 amide bonds. The predicted molar refractivity (Wildman–Crippen MR) is 71.9 cm³/mol. The summed E-state index contributed by atoms with van der Waals surface area (Å²) in [5.41, 5.74) is -0.612. The van der Waals surface area contributed by atoms with Gasteiger partial charge in [-0.1, -0.05) is 12.2 Å². The van der Waals surface area contributed by atoms with Gasteiger partial charge in [0.05, 0.1) is 11.2 Å². The molecule has 0 aromatic rings. The summed E-state index contributed by atoms with van der Waals surface area (Å²) in [6.07, 6.45) is 3.49.